The molecule has 1 N–H and O–H groups in total. The molecule has 0 unspecified atom stereocenters. The number of H-pyrrole nitrogens is 1. The van der Waals surface area contributed by atoms with E-state index < -0.39 is 0 Å². The Morgan fingerprint density at radius 2 is 1.41 bits per heavy atom. The summed E-state index contributed by atoms with van der Waals surface area (Å²) >= 11 is 0. The lowest BCUT2D eigenvalue weighted by Gasteiger charge is -2.08. The molecular weight excluding hydrogens is 334 g/mol. The van der Waals surface area contributed by atoms with Gasteiger partial charge in [0, 0.05) is 0 Å². The third-order valence-electron chi connectivity index (χ3n) is 4.41. The number of benzene rings is 2. The Kier molecular flexibility index (Phi) is 5.55. The first kappa shape index (κ1) is 18.6. The van der Waals surface area contributed by atoms with E-state index in [1.165, 1.54) is 16.7 Å². The molecule has 4 nitrogen and oxygen atoms in total. The van der Waals surface area contributed by atoms with Crippen LogP contribution in [0.3, 0.4) is 0 Å². The molecule has 0 saturated carbocycles. The number of nitrogens with one attached hydrogen (secondary N) is 1. The van der Waals surface area contributed by atoms with Crippen molar-refractivity contribution in [3.05, 3.63) is 82.7 Å². The van der Waals surface area contributed by atoms with Crippen molar-refractivity contribution in [2.45, 2.75) is 34.6 Å². The SMILES string of the molecule is CC(=Nc1c(C)cc(C)cc1C)c1ccc(/C(C)=N/Oc2ccccc2)[nH]1. The molecule has 27 heavy (non-hydrogen) atoms. The van der Waals surface area contributed by atoms with Gasteiger partial charge < -0.3 is 9.82 Å². The fraction of sp³-hybridized carbons (Fsp3) is 0.217. The topological polar surface area (TPSA) is 49.7 Å². The molecule has 0 spiro atoms. The molecule has 3 rings (SSSR count). The summed E-state index contributed by atoms with van der Waals surface area (Å²) in [6.07, 6.45) is 0. The monoisotopic (exact) mass is 359 g/mol. The smallest absolute Gasteiger partial charge is 0.157 e. The number of oxime groups is 1. The van der Waals surface area contributed by atoms with Crippen LogP contribution in [0.1, 0.15) is 41.9 Å². The van der Waals surface area contributed by atoms with Gasteiger partial charge >= 0.3 is 0 Å². The molecule has 1 aromatic heterocycles. The van der Waals surface area contributed by atoms with Crippen LogP contribution in [-0.4, -0.2) is 16.4 Å². The first-order valence-corrected chi connectivity index (χ1v) is 9.03. The van der Waals surface area contributed by atoms with E-state index in [-0.39, 0.29) is 0 Å². The van der Waals surface area contributed by atoms with E-state index in [0.29, 0.717) is 5.75 Å². The van der Waals surface area contributed by atoms with Crippen LogP contribution < -0.4 is 4.84 Å². The second-order valence-electron chi connectivity index (χ2n) is 6.81. The fourth-order valence-corrected chi connectivity index (χ4v) is 3.05. The minimum absolute atomic E-state index is 0.715. The Hall–Kier alpha value is -3.14. The van der Waals surface area contributed by atoms with Crippen LogP contribution in [0.4, 0.5) is 5.69 Å². The predicted molar refractivity (Wildman–Crippen MR) is 113 cm³/mol. The Morgan fingerprint density at radius 1 is 0.815 bits per heavy atom. The maximum atomic E-state index is 5.47. The van der Waals surface area contributed by atoms with Gasteiger partial charge in [-0.05, 0) is 70.0 Å². The molecule has 0 bridgehead atoms. The lowest BCUT2D eigenvalue weighted by molar-refractivity contribution is 0.341. The second-order valence-corrected chi connectivity index (χ2v) is 6.81. The number of rotatable bonds is 5. The van der Waals surface area contributed by atoms with E-state index in [1.54, 1.807) is 0 Å². The lowest BCUT2D eigenvalue weighted by Crippen LogP contribution is -2.01. The number of hydrogen-bond donors (Lipinski definition) is 1. The maximum absolute atomic E-state index is 5.47. The van der Waals surface area contributed by atoms with Crippen molar-refractivity contribution in [1.29, 1.82) is 0 Å². The van der Waals surface area contributed by atoms with Gasteiger partial charge in [0.1, 0.15) is 5.71 Å². The summed E-state index contributed by atoms with van der Waals surface area (Å²) in [4.78, 5) is 13.7. The zero-order valence-electron chi connectivity index (χ0n) is 16.5. The van der Waals surface area contributed by atoms with Gasteiger partial charge in [0.25, 0.3) is 0 Å². The van der Waals surface area contributed by atoms with E-state index >= 15 is 0 Å². The molecule has 0 atom stereocenters. The summed E-state index contributed by atoms with van der Waals surface area (Å²) in [6.45, 7) is 10.2. The van der Waals surface area contributed by atoms with Gasteiger partial charge in [-0.15, -0.1) is 0 Å². The van der Waals surface area contributed by atoms with Crippen LogP contribution in [0.15, 0.2) is 64.7 Å². The minimum atomic E-state index is 0.715. The van der Waals surface area contributed by atoms with Gasteiger partial charge in [-0.3, -0.25) is 4.99 Å². The summed E-state index contributed by atoms with van der Waals surface area (Å²) in [7, 11) is 0. The Labute approximate surface area is 160 Å². The molecule has 4 heteroatoms. The molecule has 0 aliphatic carbocycles. The molecule has 0 aliphatic rings. The van der Waals surface area contributed by atoms with Crippen LogP contribution >= 0.6 is 0 Å². The number of nitrogens with zero attached hydrogens (tertiary/aromatic N) is 2. The van der Waals surface area contributed by atoms with Crippen molar-refractivity contribution >= 4 is 17.1 Å². The molecule has 138 valence electrons. The Bertz CT molecular complexity index is 974. The highest BCUT2D eigenvalue weighted by Crippen LogP contribution is 2.26. The number of hydrogen-bond acceptors (Lipinski definition) is 3. The van der Waals surface area contributed by atoms with Gasteiger partial charge in [-0.1, -0.05) is 41.1 Å². The number of aryl methyl sites for hydroxylation is 3. The van der Waals surface area contributed by atoms with Crippen molar-refractivity contribution in [1.82, 2.24) is 4.98 Å². The summed E-state index contributed by atoms with van der Waals surface area (Å²) < 4.78 is 0. The first-order valence-electron chi connectivity index (χ1n) is 9.03. The van der Waals surface area contributed by atoms with Crippen LogP contribution in [0.5, 0.6) is 5.75 Å². The fourth-order valence-electron chi connectivity index (χ4n) is 3.05. The summed E-state index contributed by atoms with van der Waals surface area (Å²) in [5.74, 6) is 0.715. The predicted octanol–water partition coefficient (Wildman–Crippen LogP) is 5.88. The maximum Gasteiger partial charge on any atom is 0.157 e. The van der Waals surface area contributed by atoms with Crippen LogP contribution in [0, 0.1) is 20.8 Å². The number of aromatic nitrogens is 1. The Balaban J connectivity index is 1.81. The van der Waals surface area contributed by atoms with Gasteiger partial charge in [0.05, 0.1) is 22.8 Å². The molecule has 1 heterocycles. The van der Waals surface area contributed by atoms with E-state index in [0.717, 1.165) is 28.5 Å². The molecule has 0 fully saturated rings. The van der Waals surface area contributed by atoms with Gasteiger partial charge in [0.2, 0.25) is 0 Å². The minimum Gasteiger partial charge on any atom is -0.357 e. The summed E-state index contributed by atoms with van der Waals surface area (Å²) in [5.41, 5.74) is 8.27. The first-order chi connectivity index (χ1) is 12.9. The van der Waals surface area contributed by atoms with Crippen molar-refractivity contribution in [3.8, 4) is 5.75 Å². The van der Waals surface area contributed by atoms with Gasteiger partial charge in [-0.2, -0.15) is 0 Å². The second kappa shape index (κ2) is 8.04. The largest absolute Gasteiger partial charge is 0.357 e. The highest BCUT2D eigenvalue weighted by Gasteiger charge is 2.08. The van der Waals surface area contributed by atoms with E-state index in [9.17, 15) is 0 Å². The molecule has 2 aromatic carbocycles. The van der Waals surface area contributed by atoms with Gasteiger partial charge in [-0.25, -0.2) is 0 Å². The van der Waals surface area contributed by atoms with E-state index in [2.05, 4.69) is 43.0 Å². The third-order valence-corrected chi connectivity index (χ3v) is 4.41. The lowest BCUT2D eigenvalue weighted by atomic mass is 10.1. The van der Waals surface area contributed by atoms with E-state index in [4.69, 9.17) is 9.83 Å². The number of aliphatic imine (C=N–C) groups is 1. The summed E-state index contributed by atoms with van der Waals surface area (Å²) in [5, 5.41) is 4.20. The third kappa shape index (κ3) is 4.53. The highest BCUT2D eigenvalue weighted by molar-refractivity contribution is 6.02. The molecule has 3 aromatic rings. The van der Waals surface area contributed by atoms with Crippen molar-refractivity contribution < 1.29 is 4.84 Å². The van der Waals surface area contributed by atoms with Crippen LogP contribution in [-0.2, 0) is 0 Å². The molecule has 0 saturated heterocycles. The van der Waals surface area contributed by atoms with Crippen molar-refractivity contribution in [3.63, 3.8) is 0 Å². The zero-order valence-corrected chi connectivity index (χ0v) is 16.5. The molecule has 0 amide bonds. The van der Waals surface area contributed by atoms with Gasteiger partial charge in [0.15, 0.2) is 5.75 Å². The normalized spacial score (nSPS) is 12.3. The molecule has 0 aliphatic heterocycles. The average molecular weight is 359 g/mol. The van der Waals surface area contributed by atoms with Crippen molar-refractivity contribution in [2.24, 2.45) is 10.1 Å². The quantitative estimate of drug-likeness (QED) is 0.448. The average Bonchev–Trinajstić information content (AvgIpc) is 3.14. The van der Waals surface area contributed by atoms with E-state index in [1.807, 2.05) is 56.3 Å². The number of para-hydroxylation sites is 1. The molecule has 0 radical (unpaired) electrons. The highest BCUT2D eigenvalue weighted by atomic mass is 16.6. The van der Waals surface area contributed by atoms with Crippen LogP contribution in [0.25, 0.3) is 0 Å². The van der Waals surface area contributed by atoms with Crippen LogP contribution in [0.2, 0.25) is 0 Å². The Morgan fingerprint density at radius 3 is 2.04 bits per heavy atom. The molecular formula is C23H25N3O. The zero-order chi connectivity index (χ0) is 19.4. The van der Waals surface area contributed by atoms with Crippen molar-refractivity contribution in [2.75, 3.05) is 0 Å². The summed E-state index contributed by atoms with van der Waals surface area (Å²) in [6, 6.07) is 17.9. The number of aromatic amines is 1. The standard InChI is InChI=1S/C23H25N3O/c1-15-13-16(2)23(17(3)14-15)24-18(4)21-11-12-22(25-21)19(5)26-27-20-9-7-6-8-10-20/h6-14,25H,1-5H3/b24-18?,26-19+.